The molecule has 0 radical (unpaired) electrons. The minimum Gasteiger partial charge on any atom is -0.497 e. The quantitative estimate of drug-likeness (QED) is 0.0895. The second-order valence-corrected chi connectivity index (χ2v) is 17.5. The van der Waals surface area contributed by atoms with Crippen molar-refractivity contribution >= 4 is 0 Å². The van der Waals surface area contributed by atoms with Crippen LogP contribution in [0.25, 0.3) is 22.3 Å². The number of rotatable bonds is 16. The maximum atomic E-state index is 7.05. The van der Waals surface area contributed by atoms with Gasteiger partial charge in [-0.05, 0) is 218 Å². The molecule has 350 valence electrons. The molecular formula is C63H56O7. The zero-order chi connectivity index (χ0) is 48.7. The standard InChI is InChI=1S/C63H56O7/c1-40-14-18-55(19-15-40)69-62-43(4)36-48(46-16-32-59(41(2)34-46)67-53-26-20-50(64-6)21-27-53)38-57(62)61(45-12-10-9-11-13-45)58-39-49(37-44(5)63(58)70-56-30-24-52(66-8)25-31-56)47-17-33-60(42(3)35-47)68-54-28-22-51(65-7)23-29-54/h9-39,61H,1-8H3. The SMILES string of the molecule is COc1ccc(Oc2ccc(-c3cc(C)c(Oc4ccc(C)cc4)c(C(c4ccccc4)c4cc(-c5ccc(Oc6ccc(OC)cc6)c(C)c5)cc(C)c4Oc4ccc(OC)cc4)c3)cc2C)cc1. The molecule has 0 fully saturated rings. The fourth-order valence-electron chi connectivity index (χ4n) is 8.73. The molecule has 0 aliphatic rings. The maximum absolute atomic E-state index is 7.05. The topological polar surface area (TPSA) is 64.6 Å². The molecule has 0 amide bonds. The predicted molar refractivity (Wildman–Crippen MR) is 281 cm³/mol. The van der Waals surface area contributed by atoms with Crippen LogP contribution >= 0.6 is 0 Å². The summed E-state index contributed by atoms with van der Waals surface area (Å²) in [5.41, 5.74) is 12.3. The van der Waals surface area contributed by atoms with Crippen LogP contribution in [0.3, 0.4) is 0 Å². The van der Waals surface area contributed by atoms with Gasteiger partial charge in [-0.25, -0.2) is 0 Å². The van der Waals surface area contributed by atoms with E-state index in [1.54, 1.807) is 21.3 Å². The Bertz CT molecular complexity index is 3230. The number of ether oxygens (including phenoxy) is 7. The van der Waals surface area contributed by atoms with Gasteiger partial charge in [0.1, 0.15) is 63.2 Å². The van der Waals surface area contributed by atoms with E-state index < -0.39 is 0 Å². The van der Waals surface area contributed by atoms with Gasteiger partial charge in [0.05, 0.1) is 21.3 Å². The summed E-state index contributed by atoms with van der Waals surface area (Å²) in [6.45, 7) is 10.5. The third kappa shape index (κ3) is 10.5. The van der Waals surface area contributed by atoms with Crippen molar-refractivity contribution in [1.29, 1.82) is 0 Å². The number of methoxy groups -OCH3 is 3. The summed E-state index contributed by atoms with van der Waals surface area (Å²) in [6.07, 6.45) is 0. The largest absolute Gasteiger partial charge is 0.497 e. The van der Waals surface area contributed by atoms with E-state index in [9.17, 15) is 0 Å². The van der Waals surface area contributed by atoms with Gasteiger partial charge in [-0.1, -0.05) is 60.2 Å². The average Bonchev–Trinajstić information content (AvgIpc) is 3.38. The number of aryl methyl sites for hydroxylation is 5. The molecule has 7 heteroatoms. The van der Waals surface area contributed by atoms with Crippen molar-refractivity contribution in [2.24, 2.45) is 0 Å². The number of benzene rings is 9. The van der Waals surface area contributed by atoms with Crippen LogP contribution in [0.4, 0.5) is 0 Å². The molecule has 0 aliphatic carbocycles. The molecule has 9 rings (SSSR count). The van der Waals surface area contributed by atoms with Gasteiger partial charge in [0, 0.05) is 17.0 Å². The van der Waals surface area contributed by atoms with Gasteiger partial charge < -0.3 is 33.2 Å². The van der Waals surface area contributed by atoms with E-state index in [-0.39, 0.29) is 5.92 Å². The molecule has 1 atom stereocenters. The van der Waals surface area contributed by atoms with Crippen molar-refractivity contribution < 1.29 is 33.2 Å². The van der Waals surface area contributed by atoms with Crippen molar-refractivity contribution in [3.05, 3.63) is 233 Å². The molecule has 0 N–H and O–H groups in total. The Morgan fingerprint density at radius 2 is 0.643 bits per heavy atom. The van der Waals surface area contributed by atoms with Gasteiger partial charge in [0.15, 0.2) is 0 Å². The highest BCUT2D eigenvalue weighted by molar-refractivity contribution is 5.74. The highest BCUT2D eigenvalue weighted by Gasteiger charge is 2.29. The zero-order valence-electron chi connectivity index (χ0n) is 40.8. The van der Waals surface area contributed by atoms with Crippen LogP contribution in [-0.2, 0) is 0 Å². The molecule has 9 aromatic rings. The normalized spacial score (nSPS) is 11.4. The van der Waals surface area contributed by atoms with Crippen molar-refractivity contribution in [3.8, 4) is 85.5 Å². The first-order chi connectivity index (χ1) is 34.0. The second kappa shape index (κ2) is 20.8. The Morgan fingerprint density at radius 3 is 1.01 bits per heavy atom. The monoisotopic (exact) mass is 924 g/mol. The van der Waals surface area contributed by atoms with Crippen LogP contribution in [0.5, 0.6) is 63.2 Å². The molecule has 70 heavy (non-hydrogen) atoms. The smallest absolute Gasteiger partial charge is 0.134 e. The zero-order valence-corrected chi connectivity index (χ0v) is 40.8. The fraction of sp³-hybridized carbons (Fsp3) is 0.143. The molecule has 0 spiro atoms. The van der Waals surface area contributed by atoms with E-state index >= 15 is 0 Å². The fourth-order valence-corrected chi connectivity index (χ4v) is 8.73. The molecule has 0 aromatic heterocycles. The molecule has 0 saturated heterocycles. The van der Waals surface area contributed by atoms with Crippen molar-refractivity contribution in [3.63, 3.8) is 0 Å². The molecule has 9 aromatic carbocycles. The van der Waals surface area contributed by atoms with E-state index in [1.807, 2.05) is 97.1 Å². The molecule has 1 unspecified atom stereocenters. The Balaban J connectivity index is 1.22. The Labute approximate surface area is 411 Å². The van der Waals surface area contributed by atoms with Crippen molar-refractivity contribution in [2.75, 3.05) is 21.3 Å². The Kier molecular flexibility index (Phi) is 13.9. The molecule has 0 heterocycles. The van der Waals surface area contributed by atoms with Crippen LogP contribution in [0.15, 0.2) is 188 Å². The lowest BCUT2D eigenvalue weighted by Gasteiger charge is -2.27. The van der Waals surface area contributed by atoms with E-state index in [1.165, 1.54) is 0 Å². The first-order valence-electron chi connectivity index (χ1n) is 23.3. The highest BCUT2D eigenvalue weighted by atomic mass is 16.5. The lowest BCUT2D eigenvalue weighted by Crippen LogP contribution is -2.10. The minimum absolute atomic E-state index is 0.371. The molecule has 0 aliphatic heterocycles. The molecule has 0 saturated carbocycles. The van der Waals surface area contributed by atoms with E-state index in [2.05, 4.69) is 126 Å². The van der Waals surface area contributed by atoms with Gasteiger partial charge in [-0.15, -0.1) is 0 Å². The summed E-state index contributed by atoms with van der Waals surface area (Å²) in [6, 6.07) is 63.4. The van der Waals surface area contributed by atoms with Crippen LogP contribution in [0.2, 0.25) is 0 Å². The van der Waals surface area contributed by atoms with Crippen LogP contribution in [0, 0.1) is 34.6 Å². The van der Waals surface area contributed by atoms with Crippen LogP contribution in [-0.4, -0.2) is 21.3 Å². The lowest BCUT2D eigenvalue weighted by atomic mass is 9.80. The summed E-state index contributed by atoms with van der Waals surface area (Å²) in [4.78, 5) is 0. The Morgan fingerprint density at radius 1 is 0.300 bits per heavy atom. The van der Waals surface area contributed by atoms with Crippen LogP contribution < -0.4 is 33.2 Å². The van der Waals surface area contributed by atoms with Gasteiger partial charge in [-0.3, -0.25) is 0 Å². The summed E-state index contributed by atoms with van der Waals surface area (Å²) >= 11 is 0. The first-order valence-corrected chi connectivity index (χ1v) is 23.3. The minimum atomic E-state index is -0.371. The second-order valence-electron chi connectivity index (χ2n) is 17.5. The molecule has 0 bridgehead atoms. The van der Waals surface area contributed by atoms with Gasteiger partial charge in [-0.2, -0.15) is 0 Å². The summed E-state index contributed by atoms with van der Waals surface area (Å²) in [5.74, 6) is 7.89. The van der Waals surface area contributed by atoms with Gasteiger partial charge in [0.25, 0.3) is 0 Å². The third-order valence-corrected chi connectivity index (χ3v) is 12.5. The van der Waals surface area contributed by atoms with E-state index in [4.69, 9.17) is 33.2 Å². The van der Waals surface area contributed by atoms with Gasteiger partial charge in [0.2, 0.25) is 0 Å². The van der Waals surface area contributed by atoms with E-state index in [0.29, 0.717) is 5.75 Å². The predicted octanol–water partition coefficient (Wildman–Crippen LogP) is 16.9. The van der Waals surface area contributed by atoms with Gasteiger partial charge >= 0.3 is 0 Å². The first kappa shape index (κ1) is 46.7. The summed E-state index contributed by atoms with van der Waals surface area (Å²) in [5, 5.41) is 0. The van der Waals surface area contributed by atoms with Crippen molar-refractivity contribution in [1.82, 2.24) is 0 Å². The Hall–Kier alpha value is -8.42. The highest BCUT2D eigenvalue weighted by Crippen LogP contribution is 2.49. The van der Waals surface area contributed by atoms with Crippen LogP contribution in [0.1, 0.15) is 50.4 Å². The molecular weight excluding hydrogens is 869 g/mol. The number of hydrogen-bond donors (Lipinski definition) is 0. The third-order valence-electron chi connectivity index (χ3n) is 12.5. The summed E-state index contributed by atoms with van der Waals surface area (Å²) < 4.78 is 43.1. The van der Waals surface area contributed by atoms with Crippen molar-refractivity contribution in [2.45, 2.75) is 40.5 Å². The van der Waals surface area contributed by atoms with E-state index in [0.717, 1.165) is 124 Å². The lowest BCUT2D eigenvalue weighted by molar-refractivity contribution is 0.412. The maximum Gasteiger partial charge on any atom is 0.134 e. The molecule has 7 nitrogen and oxygen atoms in total. The average molecular weight is 925 g/mol. The number of hydrogen-bond acceptors (Lipinski definition) is 7. The summed E-state index contributed by atoms with van der Waals surface area (Å²) in [7, 11) is 4.98.